The Morgan fingerprint density at radius 2 is 1.89 bits per heavy atom. The molecule has 1 atom stereocenters. The number of hydrogen-bond acceptors (Lipinski definition) is 6. The molecule has 3 heterocycles. The van der Waals surface area contributed by atoms with Crippen molar-refractivity contribution in [2.24, 2.45) is 0 Å². The average Bonchev–Trinajstić information content (AvgIpc) is 2.79. The van der Waals surface area contributed by atoms with Crippen LogP contribution in [0.4, 0.5) is 4.39 Å². The first-order valence-electron chi connectivity index (χ1n) is 11.8. The van der Waals surface area contributed by atoms with Gasteiger partial charge in [-0.3, -0.25) is 4.79 Å². The first-order valence-corrected chi connectivity index (χ1v) is 14.1. The van der Waals surface area contributed by atoms with Crippen molar-refractivity contribution in [3.8, 4) is 5.75 Å². The fourth-order valence-electron chi connectivity index (χ4n) is 4.63. The van der Waals surface area contributed by atoms with Crippen molar-refractivity contribution in [3.05, 3.63) is 52.0 Å². The van der Waals surface area contributed by atoms with Gasteiger partial charge >= 0.3 is 0 Å². The number of amides is 1. The number of ether oxygens (including phenoxy) is 2. The van der Waals surface area contributed by atoms with Crippen LogP contribution in [0.3, 0.4) is 0 Å². The Labute approximate surface area is 214 Å². The predicted octanol–water partition coefficient (Wildman–Crippen LogP) is 5.09. The molecule has 0 unspecified atom stereocenters. The summed E-state index contributed by atoms with van der Waals surface area (Å²) in [6.07, 6.45) is 1.45. The Balaban J connectivity index is 1.50. The molecule has 1 saturated heterocycles. The van der Waals surface area contributed by atoms with E-state index in [-0.39, 0.29) is 39.1 Å². The van der Waals surface area contributed by atoms with Crippen LogP contribution in [0.1, 0.15) is 69.1 Å². The zero-order valence-corrected chi connectivity index (χ0v) is 22.7. The maximum absolute atomic E-state index is 13.9. The van der Waals surface area contributed by atoms with Crippen molar-refractivity contribution in [3.63, 3.8) is 0 Å². The maximum Gasteiger partial charge on any atom is 0.272 e. The van der Waals surface area contributed by atoms with Gasteiger partial charge in [-0.1, -0.05) is 0 Å². The van der Waals surface area contributed by atoms with Gasteiger partial charge in [0.25, 0.3) is 5.91 Å². The molecule has 2 aliphatic rings. The molecular weight excluding hydrogens is 539 g/mol. The van der Waals surface area contributed by atoms with Gasteiger partial charge in [0, 0.05) is 37.9 Å². The van der Waals surface area contributed by atoms with E-state index < -0.39 is 20.7 Å². The molecule has 1 fully saturated rings. The summed E-state index contributed by atoms with van der Waals surface area (Å²) in [4.78, 5) is 19.2. The number of piperidine rings is 1. The van der Waals surface area contributed by atoms with Crippen LogP contribution in [0, 0.1) is 5.82 Å². The zero-order chi connectivity index (χ0) is 25.5. The van der Waals surface area contributed by atoms with E-state index in [0.29, 0.717) is 43.7 Å². The van der Waals surface area contributed by atoms with E-state index in [1.807, 2.05) is 13.8 Å². The van der Waals surface area contributed by atoms with Gasteiger partial charge in [-0.15, -0.1) is 0 Å². The lowest BCUT2D eigenvalue weighted by atomic mass is 9.81. The van der Waals surface area contributed by atoms with Crippen LogP contribution in [0.2, 0.25) is 0 Å². The van der Waals surface area contributed by atoms with E-state index in [1.165, 1.54) is 24.3 Å². The molecule has 0 bridgehead atoms. The summed E-state index contributed by atoms with van der Waals surface area (Å²) in [6, 6.07) is 7.39. The third-order valence-corrected chi connectivity index (χ3v) is 9.61. The molecule has 4 rings (SSSR count). The smallest absolute Gasteiger partial charge is 0.272 e. The molecule has 0 radical (unpaired) electrons. The molecule has 0 N–H and O–H groups in total. The SMILES string of the molecule is CC(C)O[C@@H]1CC2(CCN(C(=O)c3ccc(S(=O)(=O)C(C)C)c(Br)n3)CC2)Oc2ccc(F)cc21. The van der Waals surface area contributed by atoms with E-state index >= 15 is 0 Å². The maximum atomic E-state index is 13.9. The van der Waals surface area contributed by atoms with Gasteiger partial charge in [0.05, 0.1) is 22.4 Å². The summed E-state index contributed by atoms with van der Waals surface area (Å²) in [5.74, 6) is 0.0323. The first-order chi connectivity index (χ1) is 16.4. The van der Waals surface area contributed by atoms with Crippen molar-refractivity contribution in [1.82, 2.24) is 9.88 Å². The number of rotatable bonds is 5. The standard InChI is InChI=1S/C25H30BrFN2O5S/c1-15(2)33-21-14-25(34-20-7-5-17(27)13-18(20)21)9-11-29(12-10-25)24(30)19-6-8-22(23(26)28-19)35(31,32)16(3)4/h5-8,13,15-16,21H,9-12,14H2,1-4H3/t21-/m1/s1. The highest BCUT2D eigenvalue weighted by molar-refractivity contribution is 9.10. The summed E-state index contributed by atoms with van der Waals surface area (Å²) >= 11 is 3.23. The normalized spacial score (nSPS) is 19.7. The van der Waals surface area contributed by atoms with Crippen molar-refractivity contribution < 1.29 is 27.1 Å². The second-order valence-electron chi connectivity index (χ2n) is 9.72. The minimum Gasteiger partial charge on any atom is -0.487 e. The molecule has 10 heteroatoms. The summed E-state index contributed by atoms with van der Waals surface area (Å²) in [5, 5.41) is -0.596. The molecule has 35 heavy (non-hydrogen) atoms. The number of aromatic nitrogens is 1. The van der Waals surface area contributed by atoms with E-state index in [4.69, 9.17) is 9.47 Å². The Bertz CT molecular complexity index is 1230. The Kier molecular flexibility index (Phi) is 7.28. The number of sulfone groups is 1. The largest absolute Gasteiger partial charge is 0.487 e. The van der Waals surface area contributed by atoms with Crippen LogP contribution in [0.15, 0.2) is 39.8 Å². The van der Waals surface area contributed by atoms with E-state index in [9.17, 15) is 17.6 Å². The number of pyridine rings is 1. The number of benzene rings is 1. The number of carbonyl (C=O) groups is 1. The zero-order valence-electron chi connectivity index (χ0n) is 20.3. The van der Waals surface area contributed by atoms with Crippen molar-refractivity contribution in [1.29, 1.82) is 0 Å². The Morgan fingerprint density at radius 1 is 1.20 bits per heavy atom. The summed E-state index contributed by atoms with van der Waals surface area (Å²) in [7, 11) is -3.52. The molecule has 1 aromatic heterocycles. The lowest BCUT2D eigenvalue weighted by Gasteiger charge is -2.47. The fraction of sp³-hybridized carbons (Fsp3) is 0.520. The third kappa shape index (κ3) is 5.24. The number of hydrogen-bond donors (Lipinski definition) is 0. The molecule has 190 valence electrons. The summed E-state index contributed by atoms with van der Waals surface area (Å²) < 4.78 is 51.5. The topological polar surface area (TPSA) is 85.8 Å². The lowest BCUT2D eigenvalue weighted by Crippen LogP contribution is -2.52. The first kappa shape index (κ1) is 26.0. The number of nitrogens with zero attached hydrogens (tertiary/aromatic N) is 2. The van der Waals surface area contributed by atoms with Crippen LogP contribution in [-0.4, -0.2) is 54.3 Å². The van der Waals surface area contributed by atoms with Crippen molar-refractivity contribution >= 4 is 31.7 Å². The monoisotopic (exact) mass is 568 g/mol. The van der Waals surface area contributed by atoms with Crippen LogP contribution in [0.5, 0.6) is 5.75 Å². The minimum absolute atomic E-state index is 0.0278. The van der Waals surface area contributed by atoms with Gasteiger partial charge in [-0.05, 0) is 74.0 Å². The predicted molar refractivity (Wildman–Crippen MR) is 133 cm³/mol. The van der Waals surface area contributed by atoms with Crippen LogP contribution in [-0.2, 0) is 14.6 Å². The fourth-order valence-corrected chi connectivity index (χ4v) is 6.67. The van der Waals surface area contributed by atoms with Gasteiger partial charge in [-0.2, -0.15) is 0 Å². The molecule has 2 aliphatic heterocycles. The number of carbonyl (C=O) groups excluding carboxylic acids is 1. The molecule has 1 spiro atoms. The second kappa shape index (κ2) is 9.78. The van der Waals surface area contributed by atoms with E-state index in [1.54, 1.807) is 24.8 Å². The van der Waals surface area contributed by atoms with Gasteiger partial charge in [0.1, 0.15) is 27.5 Å². The second-order valence-corrected chi connectivity index (χ2v) is 12.9. The van der Waals surface area contributed by atoms with Gasteiger partial charge in [0.2, 0.25) is 0 Å². The summed E-state index contributed by atoms with van der Waals surface area (Å²) in [6.45, 7) is 8.01. The Hall–Kier alpha value is -2.04. The van der Waals surface area contributed by atoms with Gasteiger partial charge in [0.15, 0.2) is 9.84 Å². The van der Waals surface area contributed by atoms with E-state index in [0.717, 1.165) is 0 Å². The van der Waals surface area contributed by atoms with Gasteiger partial charge in [-0.25, -0.2) is 17.8 Å². The molecular formula is C25H30BrFN2O5S. The molecule has 0 saturated carbocycles. The quantitative estimate of drug-likeness (QED) is 0.467. The number of halogens is 2. The number of likely N-dealkylation sites (tertiary alicyclic amines) is 1. The molecule has 2 aromatic rings. The molecule has 1 amide bonds. The highest BCUT2D eigenvalue weighted by Crippen LogP contribution is 2.46. The number of fused-ring (bicyclic) bond motifs is 1. The van der Waals surface area contributed by atoms with Crippen LogP contribution < -0.4 is 4.74 Å². The molecule has 1 aromatic carbocycles. The van der Waals surface area contributed by atoms with Gasteiger partial charge < -0.3 is 14.4 Å². The van der Waals surface area contributed by atoms with Crippen LogP contribution in [0.25, 0.3) is 0 Å². The molecule has 7 nitrogen and oxygen atoms in total. The molecule has 0 aliphatic carbocycles. The highest BCUT2D eigenvalue weighted by Gasteiger charge is 2.45. The van der Waals surface area contributed by atoms with Crippen molar-refractivity contribution in [2.75, 3.05) is 13.1 Å². The van der Waals surface area contributed by atoms with E-state index in [2.05, 4.69) is 20.9 Å². The Morgan fingerprint density at radius 3 is 2.49 bits per heavy atom. The minimum atomic E-state index is -3.52. The highest BCUT2D eigenvalue weighted by atomic mass is 79.9. The third-order valence-electron chi connectivity index (χ3n) is 6.56. The lowest BCUT2D eigenvalue weighted by molar-refractivity contribution is -0.0874. The van der Waals surface area contributed by atoms with Crippen LogP contribution >= 0.6 is 15.9 Å². The van der Waals surface area contributed by atoms with Crippen molar-refractivity contribution in [2.45, 2.75) is 74.9 Å². The summed E-state index contributed by atoms with van der Waals surface area (Å²) in [5.41, 5.74) is 0.389. The average molecular weight is 569 g/mol.